The molecule has 0 heterocycles. The second-order valence-corrected chi connectivity index (χ2v) is 5.11. The summed E-state index contributed by atoms with van der Waals surface area (Å²) in [6, 6.07) is 4.53. The molecule has 106 valence electrons. The lowest BCUT2D eigenvalue weighted by Crippen LogP contribution is -2.55. The zero-order valence-electron chi connectivity index (χ0n) is 11.9. The SMILES string of the molecule is COc1ccc(O)c(C(=O)NC(C)(CN)C(C)C)c1. The number of carbonyl (C=O) groups excluding carboxylic acids is 1. The van der Waals surface area contributed by atoms with Crippen LogP contribution in [0.4, 0.5) is 0 Å². The third-order valence-electron chi connectivity index (χ3n) is 3.55. The van der Waals surface area contributed by atoms with E-state index in [1.807, 2.05) is 20.8 Å². The quantitative estimate of drug-likeness (QED) is 0.754. The summed E-state index contributed by atoms with van der Waals surface area (Å²) in [7, 11) is 1.51. The van der Waals surface area contributed by atoms with E-state index >= 15 is 0 Å². The molecule has 1 unspecified atom stereocenters. The van der Waals surface area contributed by atoms with E-state index < -0.39 is 5.54 Å². The number of nitrogens with one attached hydrogen (secondary N) is 1. The van der Waals surface area contributed by atoms with Gasteiger partial charge in [-0.25, -0.2) is 0 Å². The minimum Gasteiger partial charge on any atom is -0.507 e. The van der Waals surface area contributed by atoms with E-state index in [2.05, 4.69) is 5.32 Å². The van der Waals surface area contributed by atoms with Gasteiger partial charge in [-0.2, -0.15) is 0 Å². The Morgan fingerprint density at radius 3 is 2.63 bits per heavy atom. The minimum atomic E-state index is -0.521. The first-order valence-corrected chi connectivity index (χ1v) is 6.23. The zero-order chi connectivity index (χ0) is 14.6. The van der Waals surface area contributed by atoms with E-state index in [0.717, 1.165) is 0 Å². The Morgan fingerprint density at radius 2 is 2.16 bits per heavy atom. The van der Waals surface area contributed by atoms with Crippen LogP contribution in [0.25, 0.3) is 0 Å². The lowest BCUT2D eigenvalue weighted by Gasteiger charge is -2.33. The average Bonchev–Trinajstić information content (AvgIpc) is 2.38. The van der Waals surface area contributed by atoms with E-state index in [-0.39, 0.29) is 23.1 Å². The first-order chi connectivity index (χ1) is 8.84. The fourth-order valence-corrected chi connectivity index (χ4v) is 1.58. The Balaban J connectivity index is 3.01. The Hall–Kier alpha value is -1.75. The second kappa shape index (κ2) is 5.93. The second-order valence-electron chi connectivity index (χ2n) is 5.11. The molecule has 0 saturated carbocycles. The highest BCUT2D eigenvalue weighted by Gasteiger charge is 2.29. The average molecular weight is 266 g/mol. The minimum absolute atomic E-state index is 0.0820. The van der Waals surface area contributed by atoms with Gasteiger partial charge in [0.15, 0.2) is 0 Å². The maximum Gasteiger partial charge on any atom is 0.255 e. The molecule has 0 bridgehead atoms. The van der Waals surface area contributed by atoms with Crippen LogP contribution < -0.4 is 15.8 Å². The predicted octanol–water partition coefficient (Wildman–Crippen LogP) is 1.50. The summed E-state index contributed by atoms with van der Waals surface area (Å²) in [4.78, 5) is 12.2. The molecule has 0 radical (unpaired) electrons. The number of carbonyl (C=O) groups is 1. The molecule has 1 aromatic carbocycles. The van der Waals surface area contributed by atoms with E-state index in [9.17, 15) is 9.90 Å². The lowest BCUT2D eigenvalue weighted by molar-refractivity contribution is 0.0880. The highest BCUT2D eigenvalue weighted by Crippen LogP contribution is 2.24. The highest BCUT2D eigenvalue weighted by atomic mass is 16.5. The van der Waals surface area contributed by atoms with Crippen molar-refractivity contribution in [3.05, 3.63) is 23.8 Å². The normalized spacial score (nSPS) is 14.0. The lowest BCUT2D eigenvalue weighted by atomic mass is 9.88. The number of amides is 1. The molecule has 4 N–H and O–H groups in total. The Morgan fingerprint density at radius 1 is 1.53 bits per heavy atom. The van der Waals surface area contributed by atoms with Crippen LogP contribution >= 0.6 is 0 Å². The van der Waals surface area contributed by atoms with Gasteiger partial charge in [0.2, 0.25) is 0 Å². The number of hydrogen-bond donors (Lipinski definition) is 3. The fraction of sp³-hybridized carbons (Fsp3) is 0.500. The van der Waals surface area contributed by atoms with E-state index in [1.165, 1.54) is 19.2 Å². The molecule has 19 heavy (non-hydrogen) atoms. The van der Waals surface area contributed by atoms with Gasteiger partial charge in [0, 0.05) is 6.54 Å². The van der Waals surface area contributed by atoms with Crippen molar-refractivity contribution in [2.75, 3.05) is 13.7 Å². The molecule has 0 aliphatic rings. The number of phenols is 1. The molecular formula is C14H22N2O3. The molecule has 5 heteroatoms. The number of aromatic hydroxyl groups is 1. The van der Waals surface area contributed by atoms with Crippen molar-refractivity contribution in [2.24, 2.45) is 11.7 Å². The number of phenolic OH excluding ortho intramolecular Hbond substituents is 1. The maximum atomic E-state index is 12.2. The highest BCUT2D eigenvalue weighted by molar-refractivity contribution is 5.97. The van der Waals surface area contributed by atoms with Crippen molar-refractivity contribution in [3.63, 3.8) is 0 Å². The summed E-state index contributed by atoms with van der Waals surface area (Å²) in [6.07, 6.45) is 0. The topological polar surface area (TPSA) is 84.6 Å². The van der Waals surface area contributed by atoms with Crippen LogP contribution in [0.1, 0.15) is 31.1 Å². The van der Waals surface area contributed by atoms with Crippen LogP contribution in [-0.4, -0.2) is 30.2 Å². The Labute approximate surface area is 113 Å². The van der Waals surface area contributed by atoms with Gasteiger partial charge < -0.3 is 20.9 Å². The van der Waals surface area contributed by atoms with Crippen LogP contribution in [0, 0.1) is 5.92 Å². The summed E-state index contributed by atoms with van der Waals surface area (Å²) in [5.74, 6) is 0.246. The molecule has 1 aromatic rings. The molecule has 0 aliphatic carbocycles. The first kappa shape index (κ1) is 15.3. The van der Waals surface area contributed by atoms with Crippen molar-refractivity contribution >= 4 is 5.91 Å². The molecule has 0 saturated heterocycles. The summed E-state index contributed by atoms with van der Waals surface area (Å²) in [5, 5.41) is 12.6. The fourth-order valence-electron chi connectivity index (χ4n) is 1.58. The van der Waals surface area contributed by atoms with Crippen LogP contribution in [-0.2, 0) is 0 Å². The van der Waals surface area contributed by atoms with Gasteiger partial charge >= 0.3 is 0 Å². The molecule has 5 nitrogen and oxygen atoms in total. The molecule has 0 spiro atoms. The number of hydrogen-bond acceptors (Lipinski definition) is 4. The number of nitrogens with two attached hydrogens (primary N) is 1. The summed E-state index contributed by atoms with van der Waals surface area (Å²) >= 11 is 0. The number of rotatable bonds is 5. The van der Waals surface area contributed by atoms with E-state index in [4.69, 9.17) is 10.5 Å². The van der Waals surface area contributed by atoms with Crippen LogP contribution in [0.15, 0.2) is 18.2 Å². The third-order valence-corrected chi connectivity index (χ3v) is 3.55. The van der Waals surface area contributed by atoms with E-state index in [0.29, 0.717) is 12.3 Å². The first-order valence-electron chi connectivity index (χ1n) is 6.23. The number of ether oxygens (including phenoxy) is 1. The summed E-state index contributed by atoms with van der Waals surface area (Å²) in [6.45, 7) is 6.17. The zero-order valence-corrected chi connectivity index (χ0v) is 11.9. The van der Waals surface area contributed by atoms with Crippen molar-refractivity contribution < 1.29 is 14.6 Å². The van der Waals surface area contributed by atoms with Gasteiger partial charge in [0.25, 0.3) is 5.91 Å². The molecule has 0 aliphatic heterocycles. The molecule has 1 rings (SSSR count). The molecular weight excluding hydrogens is 244 g/mol. The van der Waals surface area contributed by atoms with Gasteiger partial charge in [0.1, 0.15) is 11.5 Å². The molecule has 1 atom stereocenters. The van der Waals surface area contributed by atoms with Crippen molar-refractivity contribution in [3.8, 4) is 11.5 Å². The summed E-state index contributed by atoms with van der Waals surface area (Å²) in [5.41, 5.74) is 5.39. The van der Waals surface area contributed by atoms with E-state index in [1.54, 1.807) is 6.07 Å². The standard InChI is InChI=1S/C14H22N2O3/c1-9(2)14(3,8-15)16-13(18)11-7-10(19-4)5-6-12(11)17/h5-7,9,17H,8,15H2,1-4H3,(H,16,18). The van der Waals surface area contributed by atoms with Gasteiger partial charge in [-0.05, 0) is 31.0 Å². The predicted molar refractivity (Wildman–Crippen MR) is 74.4 cm³/mol. The maximum absolute atomic E-state index is 12.2. The Kier molecular flexibility index (Phi) is 4.78. The third kappa shape index (κ3) is 3.38. The van der Waals surface area contributed by atoms with Gasteiger partial charge in [-0.15, -0.1) is 0 Å². The Bertz CT molecular complexity index is 460. The number of benzene rings is 1. The monoisotopic (exact) mass is 266 g/mol. The van der Waals surface area contributed by atoms with Crippen LogP contribution in [0.2, 0.25) is 0 Å². The van der Waals surface area contributed by atoms with Crippen molar-refractivity contribution in [1.82, 2.24) is 5.32 Å². The van der Waals surface area contributed by atoms with Crippen molar-refractivity contribution in [2.45, 2.75) is 26.3 Å². The smallest absolute Gasteiger partial charge is 0.255 e. The molecule has 1 amide bonds. The van der Waals surface area contributed by atoms with Crippen LogP contribution in [0.3, 0.4) is 0 Å². The van der Waals surface area contributed by atoms with Gasteiger partial charge in [-0.3, -0.25) is 4.79 Å². The number of methoxy groups -OCH3 is 1. The molecule has 0 aromatic heterocycles. The van der Waals surface area contributed by atoms with Crippen LogP contribution in [0.5, 0.6) is 11.5 Å². The molecule has 0 fully saturated rings. The van der Waals surface area contributed by atoms with Gasteiger partial charge in [0.05, 0.1) is 18.2 Å². The largest absolute Gasteiger partial charge is 0.507 e. The van der Waals surface area contributed by atoms with Crippen molar-refractivity contribution in [1.29, 1.82) is 0 Å². The summed E-state index contributed by atoms with van der Waals surface area (Å²) < 4.78 is 5.05. The van der Waals surface area contributed by atoms with Gasteiger partial charge in [-0.1, -0.05) is 13.8 Å².